The molecule has 14 heavy (non-hydrogen) atoms. The van der Waals surface area contributed by atoms with Crippen LogP contribution in [-0.2, 0) is 0 Å². The Morgan fingerprint density at radius 1 is 1.21 bits per heavy atom. The lowest BCUT2D eigenvalue weighted by Gasteiger charge is -2.03. The van der Waals surface area contributed by atoms with E-state index in [2.05, 4.69) is 0 Å². The molecular weight excluding hydrogens is 198 g/mol. The average molecular weight is 217 g/mol. The second kappa shape index (κ2) is 7.86. The molecule has 0 aliphatic rings. The second-order valence-electron chi connectivity index (χ2n) is 2.37. The van der Waals surface area contributed by atoms with E-state index in [9.17, 15) is 0 Å². The van der Waals surface area contributed by atoms with Crippen LogP contribution in [0.15, 0.2) is 18.2 Å². The first-order valence-corrected chi connectivity index (χ1v) is 4.61. The number of rotatable bonds is 1. The molecule has 0 aliphatic heterocycles. The number of aryl methyl sites for hydroxylation is 1. The lowest BCUT2D eigenvalue weighted by molar-refractivity contribution is 0.425. The maximum Gasteiger partial charge on any atom is 0.488 e. The van der Waals surface area contributed by atoms with Crippen molar-refractivity contribution in [1.82, 2.24) is 0 Å². The summed E-state index contributed by atoms with van der Waals surface area (Å²) in [6.45, 7) is 5.78. The molecule has 0 saturated heterocycles. The molecule has 0 spiro atoms. The Morgan fingerprint density at radius 3 is 2.07 bits per heavy atom. The van der Waals surface area contributed by atoms with Crippen LogP contribution in [0.25, 0.3) is 0 Å². The number of hydrogen-bond donors (Lipinski definition) is 2. The van der Waals surface area contributed by atoms with Crippen LogP contribution in [0.3, 0.4) is 0 Å². The maximum atomic E-state index is 8.81. The molecule has 2 nitrogen and oxygen atoms in total. The van der Waals surface area contributed by atoms with Crippen LogP contribution in [0.1, 0.15) is 26.8 Å². The first-order valence-electron chi connectivity index (χ1n) is 4.23. The molecule has 1 aromatic carbocycles. The Kier molecular flexibility index (Phi) is 8.95. The Hall–Kier alpha value is -0.505. The molecule has 0 bridgehead atoms. The van der Waals surface area contributed by atoms with Crippen molar-refractivity contribution >= 4 is 24.2 Å². The molecule has 0 aliphatic carbocycles. The summed E-state index contributed by atoms with van der Waals surface area (Å²) in [5.41, 5.74) is 1.28. The van der Waals surface area contributed by atoms with Gasteiger partial charge in [-0.15, -0.1) is 0 Å². The normalized spacial score (nSPS) is 8.14. The van der Waals surface area contributed by atoms with Gasteiger partial charge in [0.25, 0.3) is 0 Å². The molecule has 2 N–H and O–H groups in total. The molecule has 4 heteroatoms. The van der Waals surface area contributed by atoms with Crippen LogP contribution in [0.2, 0.25) is 5.02 Å². The summed E-state index contributed by atoms with van der Waals surface area (Å²) < 4.78 is 0. The summed E-state index contributed by atoms with van der Waals surface area (Å²) in [6.07, 6.45) is 0. The van der Waals surface area contributed by atoms with Gasteiger partial charge in [0.15, 0.2) is 0 Å². The van der Waals surface area contributed by atoms with E-state index in [1.807, 2.05) is 13.8 Å². The van der Waals surface area contributed by atoms with Gasteiger partial charge in [0.2, 0.25) is 0 Å². The summed E-state index contributed by atoms with van der Waals surface area (Å²) in [7, 11) is -1.41. The van der Waals surface area contributed by atoms with E-state index in [0.717, 1.165) is 5.56 Å². The molecular formula is C10H18BClO2. The Labute approximate surface area is 91.7 Å². The fourth-order valence-corrected chi connectivity index (χ4v) is 1.16. The highest BCUT2D eigenvalue weighted by Gasteiger charge is 2.12. The zero-order valence-corrected chi connectivity index (χ0v) is 8.84. The van der Waals surface area contributed by atoms with Crippen molar-refractivity contribution in [3.05, 3.63) is 28.8 Å². The third-order valence-corrected chi connectivity index (χ3v) is 1.75. The lowest BCUT2D eigenvalue weighted by atomic mass is 9.77. The molecule has 0 aromatic heterocycles. The van der Waals surface area contributed by atoms with E-state index in [4.69, 9.17) is 21.6 Å². The minimum atomic E-state index is -1.41. The smallest absolute Gasteiger partial charge is 0.423 e. The molecule has 0 atom stereocenters. The maximum absolute atomic E-state index is 8.81. The summed E-state index contributed by atoms with van der Waals surface area (Å²) in [5.74, 6) is 0. The largest absolute Gasteiger partial charge is 0.488 e. The number of benzene rings is 1. The standard InChI is InChI=1S/C7H8BClO2.C2H6.CH4/c1-5-4-6(9)2-3-7(5)8(10)11;1-2;/h2-4,10-11H,1H3;1-2H3;1H4. The molecule has 0 radical (unpaired) electrons. The lowest BCUT2D eigenvalue weighted by Crippen LogP contribution is -2.31. The van der Waals surface area contributed by atoms with Crippen molar-refractivity contribution in [3.8, 4) is 0 Å². The van der Waals surface area contributed by atoms with Crippen molar-refractivity contribution in [3.63, 3.8) is 0 Å². The number of hydrogen-bond acceptors (Lipinski definition) is 2. The Morgan fingerprint density at radius 2 is 1.71 bits per heavy atom. The molecule has 0 saturated carbocycles. The van der Waals surface area contributed by atoms with Gasteiger partial charge in [0.1, 0.15) is 0 Å². The second-order valence-corrected chi connectivity index (χ2v) is 2.81. The van der Waals surface area contributed by atoms with Crippen LogP contribution in [0.5, 0.6) is 0 Å². The van der Waals surface area contributed by atoms with E-state index >= 15 is 0 Å². The van der Waals surface area contributed by atoms with Gasteiger partial charge in [-0.05, 0) is 30.1 Å². The van der Waals surface area contributed by atoms with Crippen LogP contribution < -0.4 is 5.46 Å². The first kappa shape index (κ1) is 15.9. The molecule has 0 unspecified atom stereocenters. The number of halogens is 1. The van der Waals surface area contributed by atoms with Crippen molar-refractivity contribution in [2.24, 2.45) is 0 Å². The SMILES string of the molecule is C.CC.Cc1cc(Cl)ccc1B(O)O. The highest BCUT2D eigenvalue weighted by atomic mass is 35.5. The van der Waals surface area contributed by atoms with Gasteiger partial charge in [-0.25, -0.2) is 0 Å². The monoisotopic (exact) mass is 216 g/mol. The van der Waals surface area contributed by atoms with Crippen molar-refractivity contribution in [2.45, 2.75) is 28.2 Å². The predicted octanol–water partition coefficient (Wildman–Crippen LogP) is 1.99. The summed E-state index contributed by atoms with van der Waals surface area (Å²) in [5, 5.41) is 18.2. The van der Waals surface area contributed by atoms with Gasteiger partial charge in [-0.1, -0.05) is 38.9 Å². The van der Waals surface area contributed by atoms with Gasteiger partial charge in [0.05, 0.1) is 0 Å². The van der Waals surface area contributed by atoms with Crippen LogP contribution in [-0.4, -0.2) is 17.2 Å². The summed E-state index contributed by atoms with van der Waals surface area (Å²) in [4.78, 5) is 0. The molecule has 0 fully saturated rings. The first-order chi connectivity index (χ1) is 6.11. The summed E-state index contributed by atoms with van der Waals surface area (Å²) in [6, 6.07) is 4.92. The van der Waals surface area contributed by atoms with Gasteiger partial charge in [-0.2, -0.15) is 0 Å². The Bertz CT molecular complexity index is 264. The van der Waals surface area contributed by atoms with E-state index in [1.165, 1.54) is 0 Å². The fourth-order valence-electron chi connectivity index (χ4n) is 0.929. The van der Waals surface area contributed by atoms with Crippen LogP contribution >= 0.6 is 11.6 Å². The Balaban J connectivity index is 0. The molecule has 0 heterocycles. The van der Waals surface area contributed by atoms with Crippen molar-refractivity contribution in [2.75, 3.05) is 0 Å². The van der Waals surface area contributed by atoms with Gasteiger partial charge in [-0.3, -0.25) is 0 Å². The highest BCUT2D eigenvalue weighted by molar-refractivity contribution is 6.59. The highest BCUT2D eigenvalue weighted by Crippen LogP contribution is 2.07. The van der Waals surface area contributed by atoms with Gasteiger partial charge in [0, 0.05) is 5.02 Å². The topological polar surface area (TPSA) is 40.5 Å². The third-order valence-electron chi connectivity index (χ3n) is 1.51. The van der Waals surface area contributed by atoms with Crippen LogP contribution in [0, 0.1) is 6.92 Å². The van der Waals surface area contributed by atoms with Gasteiger partial charge >= 0.3 is 7.12 Å². The van der Waals surface area contributed by atoms with Crippen LogP contribution in [0.4, 0.5) is 0 Å². The molecule has 1 rings (SSSR count). The summed E-state index contributed by atoms with van der Waals surface area (Å²) >= 11 is 5.66. The third kappa shape index (κ3) is 4.65. The molecule has 1 aromatic rings. The molecule has 80 valence electrons. The molecule has 0 amide bonds. The minimum Gasteiger partial charge on any atom is -0.423 e. The van der Waals surface area contributed by atoms with Crippen molar-refractivity contribution < 1.29 is 10.0 Å². The van der Waals surface area contributed by atoms with E-state index in [-0.39, 0.29) is 7.43 Å². The zero-order chi connectivity index (χ0) is 10.4. The van der Waals surface area contributed by atoms with E-state index < -0.39 is 7.12 Å². The van der Waals surface area contributed by atoms with Crippen molar-refractivity contribution in [1.29, 1.82) is 0 Å². The quantitative estimate of drug-likeness (QED) is 0.705. The van der Waals surface area contributed by atoms with Gasteiger partial charge < -0.3 is 10.0 Å². The fraction of sp³-hybridized carbons (Fsp3) is 0.400. The predicted molar refractivity (Wildman–Crippen MR) is 64.1 cm³/mol. The average Bonchev–Trinajstić information content (AvgIpc) is 2.07. The van der Waals surface area contributed by atoms with E-state index in [0.29, 0.717) is 10.5 Å². The minimum absolute atomic E-state index is 0. The zero-order valence-electron chi connectivity index (χ0n) is 8.08. The van der Waals surface area contributed by atoms with E-state index in [1.54, 1.807) is 25.1 Å².